The molecule has 6 heteroatoms. The number of nitrogens with one attached hydrogen (secondary N) is 2. The Hall–Kier alpha value is -0.880. The smallest absolute Gasteiger partial charge is 0.241 e. The van der Waals surface area contributed by atoms with Crippen molar-refractivity contribution in [3.8, 4) is 0 Å². The van der Waals surface area contributed by atoms with Crippen molar-refractivity contribution < 1.29 is 4.79 Å². The van der Waals surface area contributed by atoms with Crippen molar-refractivity contribution in [1.29, 1.82) is 0 Å². The normalized spacial score (nSPS) is 23.4. The number of carbonyl (C=O) groups is 1. The van der Waals surface area contributed by atoms with Crippen molar-refractivity contribution in [1.82, 2.24) is 20.4 Å². The summed E-state index contributed by atoms with van der Waals surface area (Å²) in [5.74, 6) is 0.821. The zero-order valence-corrected chi connectivity index (χ0v) is 16.5. The Bertz CT molecular complexity index is 446. The van der Waals surface area contributed by atoms with Gasteiger partial charge in [0.15, 0.2) is 5.11 Å². The lowest BCUT2D eigenvalue weighted by Gasteiger charge is -2.45. The zero-order chi connectivity index (χ0) is 17.7. The maximum absolute atomic E-state index is 12.9. The average Bonchev–Trinajstić information content (AvgIpc) is 2.78. The first-order valence-electron chi connectivity index (χ1n) is 9.55. The Morgan fingerprint density at radius 3 is 2.54 bits per heavy atom. The van der Waals surface area contributed by atoms with Gasteiger partial charge in [-0.25, -0.2) is 0 Å². The Balaban J connectivity index is 2.03. The lowest BCUT2D eigenvalue weighted by atomic mass is 9.95. The first-order chi connectivity index (χ1) is 11.4. The first kappa shape index (κ1) is 19.4. The van der Waals surface area contributed by atoms with Gasteiger partial charge in [-0.05, 0) is 37.4 Å². The van der Waals surface area contributed by atoms with Crippen LogP contribution in [0.25, 0.3) is 0 Å². The van der Waals surface area contributed by atoms with Gasteiger partial charge >= 0.3 is 0 Å². The molecule has 0 bridgehead atoms. The van der Waals surface area contributed by atoms with E-state index in [-0.39, 0.29) is 11.7 Å². The molecule has 2 aliphatic rings. The third-order valence-corrected chi connectivity index (χ3v) is 5.48. The molecule has 0 aromatic rings. The van der Waals surface area contributed by atoms with E-state index >= 15 is 0 Å². The summed E-state index contributed by atoms with van der Waals surface area (Å²) in [5.41, 5.74) is -0.163. The van der Waals surface area contributed by atoms with Crippen LogP contribution < -0.4 is 10.6 Å². The third-order valence-electron chi connectivity index (χ3n) is 5.08. The van der Waals surface area contributed by atoms with Crippen LogP contribution in [0.15, 0.2) is 0 Å². The number of rotatable bonds is 6. The topological polar surface area (TPSA) is 47.6 Å². The standard InChI is InChI=1S/C18H34N4OS/c1-5-9-19-17(24)21-11-7-18(8-12-21)20-15(13-14(3)4)16(23)22(18)10-6-2/h14-15,20H,5-13H2,1-4H3,(H,19,24). The molecule has 138 valence electrons. The van der Waals surface area contributed by atoms with E-state index in [0.717, 1.165) is 63.4 Å². The molecule has 5 nitrogen and oxygen atoms in total. The highest BCUT2D eigenvalue weighted by Crippen LogP contribution is 2.34. The van der Waals surface area contributed by atoms with Crippen LogP contribution in [-0.2, 0) is 4.79 Å². The van der Waals surface area contributed by atoms with Crippen molar-refractivity contribution in [2.24, 2.45) is 5.92 Å². The van der Waals surface area contributed by atoms with Crippen LogP contribution in [0.2, 0.25) is 0 Å². The molecule has 2 rings (SSSR count). The fourth-order valence-corrected chi connectivity index (χ4v) is 4.16. The predicted octanol–water partition coefficient (Wildman–Crippen LogP) is 2.32. The summed E-state index contributed by atoms with van der Waals surface area (Å²) in [4.78, 5) is 17.2. The number of thiocarbonyl (C=S) groups is 1. The molecule has 0 aromatic carbocycles. The van der Waals surface area contributed by atoms with Gasteiger partial charge in [-0.3, -0.25) is 10.1 Å². The molecule has 2 N–H and O–H groups in total. The van der Waals surface area contributed by atoms with Gasteiger partial charge in [-0.1, -0.05) is 27.7 Å². The van der Waals surface area contributed by atoms with Crippen LogP contribution in [0.3, 0.4) is 0 Å². The minimum atomic E-state index is -0.163. The fraction of sp³-hybridized carbons (Fsp3) is 0.889. The SMILES string of the molecule is CCCNC(=S)N1CCC2(CC1)NC(CC(C)C)C(=O)N2CCC. The van der Waals surface area contributed by atoms with E-state index < -0.39 is 0 Å². The number of nitrogens with zero attached hydrogens (tertiary/aromatic N) is 2. The molecule has 2 aliphatic heterocycles. The van der Waals surface area contributed by atoms with Gasteiger partial charge in [0, 0.05) is 39.0 Å². The van der Waals surface area contributed by atoms with Gasteiger partial charge in [0.2, 0.25) is 5.91 Å². The van der Waals surface area contributed by atoms with E-state index in [9.17, 15) is 4.79 Å². The Kier molecular flexibility index (Phi) is 6.87. The van der Waals surface area contributed by atoms with E-state index in [1.165, 1.54) is 0 Å². The number of carbonyl (C=O) groups excluding carboxylic acids is 1. The quantitative estimate of drug-likeness (QED) is 0.717. The van der Waals surface area contributed by atoms with Crippen LogP contribution in [0.4, 0.5) is 0 Å². The minimum absolute atomic E-state index is 0.0201. The molecule has 0 radical (unpaired) electrons. The Labute approximate surface area is 152 Å². The molecule has 2 fully saturated rings. The van der Waals surface area contributed by atoms with E-state index in [1.807, 2.05) is 0 Å². The maximum atomic E-state index is 12.9. The zero-order valence-electron chi connectivity index (χ0n) is 15.7. The van der Waals surface area contributed by atoms with Gasteiger partial charge in [0.05, 0.1) is 11.7 Å². The molecule has 1 unspecified atom stereocenters. The summed E-state index contributed by atoms with van der Waals surface area (Å²) < 4.78 is 0. The van der Waals surface area contributed by atoms with Crippen molar-refractivity contribution in [2.75, 3.05) is 26.2 Å². The number of piperidine rings is 1. The lowest BCUT2D eigenvalue weighted by molar-refractivity contribution is -0.133. The molecule has 1 amide bonds. The molecule has 2 saturated heterocycles. The summed E-state index contributed by atoms with van der Waals surface area (Å²) in [5, 5.41) is 7.89. The third kappa shape index (κ3) is 4.20. The highest BCUT2D eigenvalue weighted by Gasteiger charge is 2.51. The second-order valence-corrected chi connectivity index (χ2v) is 7.95. The number of likely N-dealkylation sites (tertiary alicyclic amines) is 1. The number of hydrogen-bond donors (Lipinski definition) is 2. The Morgan fingerprint density at radius 1 is 1.33 bits per heavy atom. The molecule has 0 saturated carbocycles. The summed E-state index contributed by atoms with van der Waals surface area (Å²) >= 11 is 5.50. The molecule has 1 atom stereocenters. The van der Waals surface area contributed by atoms with E-state index in [4.69, 9.17) is 12.2 Å². The predicted molar refractivity (Wildman–Crippen MR) is 103 cm³/mol. The van der Waals surface area contributed by atoms with Crippen LogP contribution in [0, 0.1) is 5.92 Å². The van der Waals surface area contributed by atoms with Gasteiger partial charge in [0.1, 0.15) is 0 Å². The summed E-state index contributed by atoms with van der Waals surface area (Å²) in [6.07, 6.45) is 4.89. The molecule has 2 heterocycles. The molecule has 0 aliphatic carbocycles. The van der Waals surface area contributed by atoms with Crippen molar-refractivity contribution in [2.45, 2.75) is 71.5 Å². The van der Waals surface area contributed by atoms with Gasteiger partial charge in [-0.2, -0.15) is 0 Å². The fourth-order valence-electron chi connectivity index (χ4n) is 3.88. The monoisotopic (exact) mass is 354 g/mol. The summed E-state index contributed by atoms with van der Waals surface area (Å²) in [6, 6.07) is -0.0201. The van der Waals surface area contributed by atoms with Crippen molar-refractivity contribution in [3.05, 3.63) is 0 Å². The van der Waals surface area contributed by atoms with E-state index in [2.05, 4.69) is 48.1 Å². The molecule has 0 aromatic heterocycles. The highest BCUT2D eigenvalue weighted by atomic mass is 32.1. The second kappa shape index (κ2) is 8.48. The van der Waals surface area contributed by atoms with Crippen LogP contribution >= 0.6 is 12.2 Å². The molecule has 24 heavy (non-hydrogen) atoms. The molecular formula is C18H34N4OS. The van der Waals surface area contributed by atoms with Crippen LogP contribution in [-0.4, -0.2) is 58.7 Å². The van der Waals surface area contributed by atoms with Crippen LogP contribution in [0.1, 0.15) is 59.8 Å². The van der Waals surface area contributed by atoms with Crippen LogP contribution in [0.5, 0.6) is 0 Å². The van der Waals surface area contributed by atoms with Gasteiger partial charge in [-0.15, -0.1) is 0 Å². The molecule has 1 spiro atoms. The minimum Gasteiger partial charge on any atom is -0.363 e. The summed E-state index contributed by atoms with van der Waals surface area (Å²) in [6.45, 7) is 12.3. The van der Waals surface area contributed by atoms with Gasteiger partial charge in [0.25, 0.3) is 0 Å². The van der Waals surface area contributed by atoms with Crippen molar-refractivity contribution in [3.63, 3.8) is 0 Å². The number of amides is 1. The van der Waals surface area contributed by atoms with Gasteiger partial charge < -0.3 is 15.1 Å². The second-order valence-electron chi connectivity index (χ2n) is 7.57. The molecular weight excluding hydrogens is 320 g/mol. The van der Waals surface area contributed by atoms with E-state index in [1.54, 1.807) is 0 Å². The first-order valence-corrected chi connectivity index (χ1v) is 9.96. The lowest BCUT2D eigenvalue weighted by Crippen LogP contribution is -2.60. The van der Waals surface area contributed by atoms with Crippen molar-refractivity contribution >= 4 is 23.2 Å². The Morgan fingerprint density at radius 2 is 2.00 bits per heavy atom. The van der Waals surface area contributed by atoms with E-state index in [0.29, 0.717) is 11.8 Å². The number of hydrogen-bond acceptors (Lipinski definition) is 3. The average molecular weight is 355 g/mol. The highest BCUT2D eigenvalue weighted by molar-refractivity contribution is 7.80. The maximum Gasteiger partial charge on any atom is 0.241 e. The summed E-state index contributed by atoms with van der Waals surface area (Å²) in [7, 11) is 0. The largest absolute Gasteiger partial charge is 0.363 e.